The van der Waals surface area contributed by atoms with E-state index in [1.54, 1.807) is 14.0 Å². The Morgan fingerprint density at radius 3 is 2.06 bits per heavy atom. The van der Waals surface area contributed by atoms with Crippen LogP contribution in [0, 0.1) is 11.3 Å². The summed E-state index contributed by atoms with van der Waals surface area (Å²) in [4.78, 5) is 38.4. The van der Waals surface area contributed by atoms with Gasteiger partial charge in [0.15, 0.2) is 0 Å². The highest BCUT2D eigenvalue weighted by atomic mass is 16.5. The summed E-state index contributed by atoms with van der Waals surface area (Å²) in [6.07, 6.45) is 0.456. The molecule has 0 fully saturated rings. The van der Waals surface area contributed by atoms with Crippen molar-refractivity contribution in [2.24, 2.45) is 11.3 Å². The van der Waals surface area contributed by atoms with Crippen molar-refractivity contribution >= 4 is 18.0 Å². The fourth-order valence-electron chi connectivity index (χ4n) is 4.75. The van der Waals surface area contributed by atoms with Crippen LogP contribution in [0.2, 0.25) is 0 Å². The smallest absolute Gasteiger partial charge is 0.407 e. The topological polar surface area (TPSA) is 95.9 Å². The van der Waals surface area contributed by atoms with Crippen molar-refractivity contribution in [3.63, 3.8) is 0 Å². The number of nitrogens with zero attached hydrogens (tertiary/aromatic N) is 1. The second-order valence-electron chi connectivity index (χ2n) is 9.09. The Hall–Kier alpha value is -3.35. The number of benzene rings is 2. The number of fused-ring (bicyclic) bond motifs is 3. The molecule has 0 bridgehead atoms. The number of carboxylic acid groups (broad SMARTS) is 1. The monoisotopic (exact) mass is 466 g/mol. The maximum atomic E-state index is 13.2. The lowest BCUT2D eigenvalue weighted by molar-refractivity contribution is -0.145. The molecule has 1 aliphatic carbocycles. The zero-order valence-electron chi connectivity index (χ0n) is 20.3. The molecule has 7 heteroatoms. The van der Waals surface area contributed by atoms with Gasteiger partial charge in [-0.05, 0) is 35.1 Å². The van der Waals surface area contributed by atoms with Crippen LogP contribution in [-0.2, 0) is 14.3 Å². The quantitative estimate of drug-likeness (QED) is 0.537. The van der Waals surface area contributed by atoms with Gasteiger partial charge in [0.25, 0.3) is 0 Å². The van der Waals surface area contributed by atoms with Crippen molar-refractivity contribution in [1.29, 1.82) is 0 Å². The molecule has 7 nitrogen and oxygen atoms in total. The minimum absolute atomic E-state index is 0.0365. The SMILES string of the molecule is CCC(CC)(CNC(=O)OCC1c2ccccc2-c2ccccc21)C(=O)N(C)CC(C)C(=O)O. The third kappa shape index (κ3) is 5.08. The molecule has 0 radical (unpaired) electrons. The number of carboxylic acids is 1. The number of hydrogen-bond acceptors (Lipinski definition) is 4. The molecule has 0 aliphatic heterocycles. The lowest BCUT2D eigenvalue weighted by Gasteiger charge is -2.35. The van der Waals surface area contributed by atoms with Crippen LogP contribution in [0.4, 0.5) is 4.79 Å². The number of rotatable bonds is 10. The summed E-state index contributed by atoms with van der Waals surface area (Å²) in [5, 5.41) is 12.0. The van der Waals surface area contributed by atoms with E-state index < -0.39 is 23.4 Å². The molecule has 1 unspecified atom stereocenters. The molecular weight excluding hydrogens is 432 g/mol. The number of ether oxygens (including phenoxy) is 1. The van der Waals surface area contributed by atoms with Gasteiger partial charge in [-0.3, -0.25) is 9.59 Å². The van der Waals surface area contributed by atoms with E-state index in [1.165, 1.54) is 4.90 Å². The standard InChI is InChI=1S/C27H34N2O5/c1-5-27(6-2,25(32)29(4)15-18(3)24(30)31)17-28-26(33)34-16-23-21-13-9-7-11-19(21)20-12-8-10-14-22(20)23/h7-14,18,23H,5-6,15-17H2,1-4H3,(H,28,33)(H,30,31). The highest BCUT2D eigenvalue weighted by Crippen LogP contribution is 2.44. The van der Waals surface area contributed by atoms with Crippen LogP contribution in [0.3, 0.4) is 0 Å². The van der Waals surface area contributed by atoms with Gasteiger partial charge in [0.1, 0.15) is 6.61 Å². The van der Waals surface area contributed by atoms with Gasteiger partial charge in [0, 0.05) is 26.1 Å². The molecule has 0 spiro atoms. The predicted octanol–water partition coefficient (Wildman–Crippen LogP) is 4.51. The molecule has 1 atom stereocenters. The first-order chi connectivity index (χ1) is 16.2. The molecule has 0 saturated carbocycles. The normalized spacial score (nSPS) is 13.5. The summed E-state index contributed by atoms with van der Waals surface area (Å²) < 4.78 is 5.61. The van der Waals surface area contributed by atoms with Crippen molar-refractivity contribution in [3.05, 3.63) is 59.7 Å². The average molecular weight is 467 g/mol. The minimum Gasteiger partial charge on any atom is -0.481 e. The van der Waals surface area contributed by atoms with E-state index in [4.69, 9.17) is 9.84 Å². The van der Waals surface area contributed by atoms with Gasteiger partial charge in [-0.2, -0.15) is 0 Å². The molecule has 2 aromatic carbocycles. The predicted molar refractivity (Wildman–Crippen MR) is 131 cm³/mol. The first-order valence-corrected chi connectivity index (χ1v) is 11.8. The zero-order valence-corrected chi connectivity index (χ0v) is 20.3. The lowest BCUT2D eigenvalue weighted by atomic mass is 9.80. The highest BCUT2D eigenvalue weighted by molar-refractivity contribution is 5.84. The average Bonchev–Trinajstić information content (AvgIpc) is 3.17. The van der Waals surface area contributed by atoms with Gasteiger partial charge in [-0.1, -0.05) is 69.3 Å². The molecule has 0 heterocycles. The first kappa shape index (κ1) is 25.3. The van der Waals surface area contributed by atoms with E-state index >= 15 is 0 Å². The van der Waals surface area contributed by atoms with Crippen LogP contribution >= 0.6 is 0 Å². The summed E-state index contributed by atoms with van der Waals surface area (Å²) in [7, 11) is 1.61. The second-order valence-corrected chi connectivity index (χ2v) is 9.09. The van der Waals surface area contributed by atoms with Crippen LogP contribution in [0.15, 0.2) is 48.5 Å². The van der Waals surface area contributed by atoms with E-state index in [2.05, 4.69) is 29.6 Å². The minimum atomic E-state index is -0.949. The summed E-state index contributed by atoms with van der Waals surface area (Å²) in [6.45, 7) is 5.81. The van der Waals surface area contributed by atoms with Gasteiger partial charge in [0.2, 0.25) is 5.91 Å². The Bertz CT molecular complexity index is 1000. The third-order valence-corrected chi connectivity index (χ3v) is 7.04. The zero-order chi connectivity index (χ0) is 24.9. The van der Waals surface area contributed by atoms with Crippen molar-refractivity contribution in [1.82, 2.24) is 10.2 Å². The summed E-state index contributed by atoms with van der Waals surface area (Å²) >= 11 is 0. The van der Waals surface area contributed by atoms with Crippen LogP contribution in [0.5, 0.6) is 0 Å². The molecule has 2 aromatic rings. The lowest BCUT2D eigenvalue weighted by Crippen LogP contribution is -2.49. The van der Waals surface area contributed by atoms with Crippen molar-refractivity contribution < 1.29 is 24.2 Å². The van der Waals surface area contributed by atoms with E-state index in [0.29, 0.717) is 12.8 Å². The highest BCUT2D eigenvalue weighted by Gasteiger charge is 2.38. The maximum Gasteiger partial charge on any atom is 0.407 e. The van der Waals surface area contributed by atoms with Crippen LogP contribution in [0.1, 0.15) is 50.7 Å². The van der Waals surface area contributed by atoms with E-state index in [0.717, 1.165) is 22.3 Å². The Balaban J connectivity index is 1.63. The van der Waals surface area contributed by atoms with Crippen molar-refractivity contribution in [2.75, 3.05) is 26.7 Å². The second kappa shape index (κ2) is 10.7. The number of carbonyl (C=O) groups is 3. The van der Waals surface area contributed by atoms with Crippen LogP contribution < -0.4 is 5.32 Å². The van der Waals surface area contributed by atoms with E-state index in [1.807, 2.05) is 38.1 Å². The van der Waals surface area contributed by atoms with Crippen LogP contribution in [-0.4, -0.2) is 54.7 Å². The maximum absolute atomic E-state index is 13.2. The number of carbonyl (C=O) groups excluding carboxylic acids is 2. The Morgan fingerprint density at radius 2 is 1.56 bits per heavy atom. The molecule has 0 aromatic heterocycles. The summed E-state index contributed by atoms with van der Waals surface area (Å²) in [5.74, 6) is -1.83. The fraction of sp³-hybridized carbons (Fsp3) is 0.444. The van der Waals surface area contributed by atoms with Gasteiger partial charge < -0.3 is 20.1 Å². The van der Waals surface area contributed by atoms with Gasteiger partial charge in [0.05, 0.1) is 11.3 Å². The Kier molecular flexibility index (Phi) is 7.97. The molecule has 182 valence electrons. The van der Waals surface area contributed by atoms with Gasteiger partial charge in [-0.25, -0.2) is 4.79 Å². The molecule has 2 amide bonds. The number of amides is 2. The molecule has 0 saturated heterocycles. The van der Waals surface area contributed by atoms with Gasteiger partial charge in [-0.15, -0.1) is 0 Å². The van der Waals surface area contributed by atoms with Gasteiger partial charge >= 0.3 is 12.1 Å². The summed E-state index contributed by atoms with van der Waals surface area (Å²) in [6, 6.07) is 16.3. The first-order valence-electron chi connectivity index (χ1n) is 11.8. The van der Waals surface area contributed by atoms with E-state index in [-0.39, 0.29) is 31.5 Å². The number of hydrogen-bond donors (Lipinski definition) is 2. The van der Waals surface area contributed by atoms with E-state index in [9.17, 15) is 14.4 Å². The summed E-state index contributed by atoms with van der Waals surface area (Å²) in [5.41, 5.74) is 3.77. The fourth-order valence-corrected chi connectivity index (χ4v) is 4.75. The van der Waals surface area contributed by atoms with Crippen molar-refractivity contribution in [3.8, 4) is 11.1 Å². The van der Waals surface area contributed by atoms with Crippen LogP contribution in [0.25, 0.3) is 11.1 Å². The molecule has 3 rings (SSSR count). The molecule has 1 aliphatic rings. The Morgan fingerprint density at radius 1 is 1.03 bits per heavy atom. The van der Waals surface area contributed by atoms with Crippen molar-refractivity contribution in [2.45, 2.75) is 39.5 Å². The molecule has 34 heavy (non-hydrogen) atoms. The molecular formula is C27H34N2O5. The third-order valence-electron chi connectivity index (χ3n) is 7.04. The number of nitrogens with one attached hydrogen (secondary N) is 1. The number of aliphatic carboxylic acids is 1. The number of alkyl carbamates (subject to hydrolysis) is 1. The largest absolute Gasteiger partial charge is 0.481 e. The molecule has 2 N–H and O–H groups in total. The Labute approximate surface area is 201 Å².